The van der Waals surface area contributed by atoms with Crippen LogP contribution in [0.15, 0.2) is 12.1 Å². The summed E-state index contributed by atoms with van der Waals surface area (Å²) in [7, 11) is 0. The molecule has 1 saturated carbocycles. The number of aryl methyl sites for hydroxylation is 3. The smallest absolute Gasteiger partial charge is 0.220 e. The molecule has 0 aliphatic heterocycles. The Morgan fingerprint density at radius 2 is 1.88 bits per heavy atom. The van der Waals surface area contributed by atoms with Gasteiger partial charge in [0.15, 0.2) is 5.78 Å². The number of nitriles is 1. The van der Waals surface area contributed by atoms with Crippen LogP contribution >= 0.6 is 0 Å². The molecular formula is C19H22N2O3. The van der Waals surface area contributed by atoms with Crippen molar-refractivity contribution in [2.24, 2.45) is 5.92 Å². The molecule has 1 amide bonds. The molecule has 126 valence electrons. The van der Waals surface area contributed by atoms with Crippen LogP contribution in [0, 0.1) is 38.0 Å². The molecule has 0 saturated heterocycles. The van der Waals surface area contributed by atoms with E-state index in [0.29, 0.717) is 0 Å². The predicted octanol–water partition coefficient (Wildman–Crippen LogP) is 2.27. The number of hydrogen-bond donors (Lipinski definition) is 1. The number of Topliss-reactive ketones (excluding diaryl/α,β-unsaturated/α-hetero) is 2. The molecule has 24 heavy (non-hydrogen) atoms. The first-order chi connectivity index (χ1) is 11.3. The van der Waals surface area contributed by atoms with E-state index in [1.807, 2.05) is 39.0 Å². The van der Waals surface area contributed by atoms with Gasteiger partial charge in [0.1, 0.15) is 11.7 Å². The molecule has 1 aromatic carbocycles. The Balaban J connectivity index is 2.15. The van der Waals surface area contributed by atoms with E-state index in [1.54, 1.807) is 0 Å². The van der Waals surface area contributed by atoms with Crippen LogP contribution in [-0.2, 0) is 14.4 Å². The van der Waals surface area contributed by atoms with Gasteiger partial charge in [0.25, 0.3) is 0 Å². The van der Waals surface area contributed by atoms with Crippen molar-refractivity contribution in [1.29, 1.82) is 5.26 Å². The van der Waals surface area contributed by atoms with Crippen LogP contribution in [0.25, 0.3) is 0 Å². The van der Waals surface area contributed by atoms with E-state index in [9.17, 15) is 14.4 Å². The Hall–Kier alpha value is -2.48. The Morgan fingerprint density at radius 3 is 2.46 bits per heavy atom. The van der Waals surface area contributed by atoms with Gasteiger partial charge in [0.2, 0.25) is 5.91 Å². The molecule has 5 nitrogen and oxygen atoms in total. The van der Waals surface area contributed by atoms with Crippen molar-refractivity contribution >= 4 is 17.5 Å². The van der Waals surface area contributed by atoms with E-state index in [-0.39, 0.29) is 43.3 Å². The number of amides is 1. The van der Waals surface area contributed by atoms with Gasteiger partial charge in [-0.25, -0.2) is 0 Å². The van der Waals surface area contributed by atoms with Crippen molar-refractivity contribution in [3.8, 4) is 6.07 Å². The van der Waals surface area contributed by atoms with Crippen molar-refractivity contribution in [1.82, 2.24) is 5.32 Å². The monoisotopic (exact) mass is 326 g/mol. The van der Waals surface area contributed by atoms with Crippen molar-refractivity contribution in [3.05, 3.63) is 34.4 Å². The molecule has 1 aromatic rings. The highest BCUT2D eigenvalue weighted by Gasteiger charge is 2.43. The predicted molar refractivity (Wildman–Crippen MR) is 89.4 cm³/mol. The van der Waals surface area contributed by atoms with E-state index < -0.39 is 11.8 Å². The van der Waals surface area contributed by atoms with E-state index >= 15 is 0 Å². The van der Waals surface area contributed by atoms with Crippen molar-refractivity contribution in [2.45, 2.75) is 46.0 Å². The lowest BCUT2D eigenvalue weighted by Gasteiger charge is -2.16. The Bertz CT molecular complexity index is 708. The summed E-state index contributed by atoms with van der Waals surface area (Å²) >= 11 is 0. The number of carbonyl (C=O) groups is 3. The van der Waals surface area contributed by atoms with Crippen LogP contribution in [0.3, 0.4) is 0 Å². The first-order valence-electron chi connectivity index (χ1n) is 8.13. The zero-order valence-corrected chi connectivity index (χ0v) is 14.3. The second kappa shape index (κ2) is 7.39. The maximum Gasteiger partial charge on any atom is 0.220 e. The third-order valence-electron chi connectivity index (χ3n) is 4.47. The Kier molecular flexibility index (Phi) is 5.50. The lowest BCUT2D eigenvalue weighted by molar-refractivity contribution is -0.128. The summed E-state index contributed by atoms with van der Waals surface area (Å²) in [6, 6.07) is 5.90. The largest absolute Gasteiger partial charge is 0.355 e. The molecule has 2 rings (SSSR count). The molecule has 1 fully saturated rings. The van der Waals surface area contributed by atoms with Gasteiger partial charge in [-0.3, -0.25) is 14.4 Å². The standard InChI is InChI=1S/C19H22N2O3/c1-11-7-12(2)17(13(3)8-11)18-15(22)9-14(19(18)24)10-16(23)21-6-4-5-20/h7-8,14,18H,4,6,9-10H2,1-3H3,(H,21,23)/t14?,18-/m1/s1. The number of benzene rings is 1. The number of nitrogens with one attached hydrogen (secondary N) is 1. The van der Waals surface area contributed by atoms with Gasteiger partial charge in [-0.05, 0) is 37.5 Å². The number of hydrogen-bond acceptors (Lipinski definition) is 4. The molecule has 0 radical (unpaired) electrons. The molecule has 0 aromatic heterocycles. The van der Waals surface area contributed by atoms with E-state index in [4.69, 9.17) is 5.26 Å². The molecule has 1 N–H and O–H groups in total. The van der Waals surface area contributed by atoms with Crippen LogP contribution in [0.4, 0.5) is 0 Å². The molecule has 1 aliphatic carbocycles. The second-order valence-corrected chi connectivity index (χ2v) is 6.48. The second-order valence-electron chi connectivity index (χ2n) is 6.48. The van der Waals surface area contributed by atoms with Crippen molar-refractivity contribution in [3.63, 3.8) is 0 Å². The van der Waals surface area contributed by atoms with Crippen LogP contribution in [-0.4, -0.2) is 24.0 Å². The summed E-state index contributed by atoms with van der Waals surface area (Å²) in [5.74, 6) is -1.86. The highest BCUT2D eigenvalue weighted by Crippen LogP contribution is 2.37. The van der Waals surface area contributed by atoms with Gasteiger partial charge in [-0.15, -0.1) is 0 Å². The summed E-state index contributed by atoms with van der Waals surface area (Å²) in [6.45, 7) is 6.08. The van der Waals surface area contributed by atoms with Crippen LogP contribution in [0.1, 0.15) is 47.4 Å². The lowest BCUT2D eigenvalue weighted by Crippen LogP contribution is -2.28. The van der Waals surface area contributed by atoms with Crippen LogP contribution in [0.2, 0.25) is 0 Å². The first kappa shape index (κ1) is 17.9. The molecule has 0 spiro atoms. The highest BCUT2D eigenvalue weighted by atomic mass is 16.2. The summed E-state index contributed by atoms with van der Waals surface area (Å²) < 4.78 is 0. The zero-order chi connectivity index (χ0) is 17.9. The summed E-state index contributed by atoms with van der Waals surface area (Å²) in [5, 5.41) is 11.1. The fourth-order valence-corrected chi connectivity index (χ4v) is 3.53. The van der Waals surface area contributed by atoms with Crippen molar-refractivity contribution in [2.75, 3.05) is 6.54 Å². The van der Waals surface area contributed by atoms with Gasteiger partial charge < -0.3 is 5.32 Å². The molecule has 0 heterocycles. The van der Waals surface area contributed by atoms with Gasteiger partial charge in [-0.2, -0.15) is 5.26 Å². The maximum absolute atomic E-state index is 12.7. The molecule has 1 aliphatic rings. The van der Waals surface area contributed by atoms with E-state index in [1.165, 1.54) is 0 Å². The molecule has 2 atom stereocenters. The summed E-state index contributed by atoms with van der Waals surface area (Å²) in [6.07, 6.45) is 0.353. The average molecular weight is 326 g/mol. The highest BCUT2D eigenvalue weighted by molar-refractivity contribution is 6.15. The number of carbonyl (C=O) groups excluding carboxylic acids is 3. The third kappa shape index (κ3) is 3.70. The zero-order valence-electron chi connectivity index (χ0n) is 14.3. The van der Waals surface area contributed by atoms with E-state index in [2.05, 4.69) is 5.32 Å². The summed E-state index contributed by atoms with van der Waals surface area (Å²) in [5.41, 5.74) is 3.78. The number of ketones is 2. The molecular weight excluding hydrogens is 304 g/mol. The topological polar surface area (TPSA) is 87.0 Å². The average Bonchev–Trinajstić information content (AvgIpc) is 2.74. The maximum atomic E-state index is 12.7. The molecule has 1 unspecified atom stereocenters. The van der Waals surface area contributed by atoms with Gasteiger partial charge >= 0.3 is 0 Å². The minimum Gasteiger partial charge on any atom is -0.355 e. The quantitative estimate of drug-likeness (QED) is 0.664. The van der Waals surface area contributed by atoms with Gasteiger partial charge in [0, 0.05) is 25.3 Å². The summed E-state index contributed by atoms with van der Waals surface area (Å²) in [4.78, 5) is 37.0. The van der Waals surface area contributed by atoms with Gasteiger partial charge in [-0.1, -0.05) is 17.7 Å². The molecule has 5 heteroatoms. The van der Waals surface area contributed by atoms with Crippen LogP contribution in [0.5, 0.6) is 0 Å². The van der Waals surface area contributed by atoms with Crippen molar-refractivity contribution < 1.29 is 14.4 Å². The number of nitrogens with zero attached hydrogens (tertiary/aromatic N) is 1. The minimum absolute atomic E-state index is 0.0104. The first-order valence-corrected chi connectivity index (χ1v) is 8.13. The normalized spacial score (nSPS) is 20.1. The minimum atomic E-state index is -0.748. The molecule has 0 bridgehead atoms. The Labute approximate surface area is 142 Å². The van der Waals surface area contributed by atoms with E-state index in [0.717, 1.165) is 22.3 Å². The fourth-order valence-electron chi connectivity index (χ4n) is 3.53. The van der Waals surface area contributed by atoms with Crippen LogP contribution < -0.4 is 5.32 Å². The Morgan fingerprint density at radius 1 is 1.25 bits per heavy atom. The fraction of sp³-hybridized carbons (Fsp3) is 0.474. The third-order valence-corrected chi connectivity index (χ3v) is 4.47. The lowest BCUT2D eigenvalue weighted by atomic mass is 9.86. The SMILES string of the molecule is Cc1cc(C)c([C@H]2C(=O)CC(CC(=O)NCCC#N)C2=O)c(C)c1. The van der Waals surface area contributed by atoms with Gasteiger partial charge in [0.05, 0.1) is 12.5 Å². The number of rotatable bonds is 5.